The maximum Gasteiger partial charge on any atom is 0.236 e. The minimum atomic E-state index is -0.623. The van der Waals surface area contributed by atoms with Gasteiger partial charge in [-0.1, -0.05) is 46.3 Å². The van der Waals surface area contributed by atoms with Crippen molar-refractivity contribution in [3.8, 4) is 0 Å². The Hall–Kier alpha value is -1.88. The summed E-state index contributed by atoms with van der Waals surface area (Å²) in [5.74, 6) is -0.256. The van der Waals surface area contributed by atoms with Gasteiger partial charge in [0.15, 0.2) is 0 Å². The number of alkyl halides is 1. The molecule has 0 bridgehead atoms. The molecule has 2 rings (SSSR count). The molecule has 2 aromatic carbocycles. The van der Waals surface area contributed by atoms with Crippen LogP contribution in [0.3, 0.4) is 0 Å². The van der Waals surface area contributed by atoms with Gasteiger partial charge < -0.3 is 10.6 Å². The second-order valence-corrected chi connectivity index (χ2v) is 7.57. The highest BCUT2D eigenvalue weighted by atomic mass is 79.9. The molecule has 0 aliphatic carbocycles. The van der Waals surface area contributed by atoms with E-state index in [0.717, 1.165) is 16.5 Å². The molecule has 22 heavy (non-hydrogen) atoms. The SMILES string of the molecule is CC(C)(Br)C(=O)NCCC(=O)Nc1ccc2ccccc2c1. The summed E-state index contributed by atoms with van der Waals surface area (Å²) < 4.78 is -0.623. The zero-order valence-electron chi connectivity index (χ0n) is 12.7. The van der Waals surface area contributed by atoms with E-state index in [1.807, 2.05) is 42.5 Å². The summed E-state index contributed by atoms with van der Waals surface area (Å²) in [5.41, 5.74) is 0.760. The Balaban J connectivity index is 1.87. The third-order valence-electron chi connectivity index (χ3n) is 3.21. The van der Waals surface area contributed by atoms with Crippen molar-refractivity contribution < 1.29 is 9.59 Å². The topological polar surface area (TPSA) is 58.2 Å². The van der Waals surface area contributed by atoms with Gasteiger partial charge in [-0.2, -0.15) is 0 Å². The predicted molar refractivity (Wildman–Crippen MR) is 93.2 cm³/mol. The molecule has 116 valence electrons. The first-order valence-electron chi connectivity index (χ1n) is 7.12. The average molecular weight is 363 g/mol. The lowest BCUT2D eigenvalue weighted by Gasteiger charge is -2.15. The Bertz CT molecular complexity index is 692. The van der Waals surface area contributed by atoms with E-state index >= 15 is 0 Å². The van der Waals surface area contributed by atoms with E-state index in [1.165, 1.54) is 0 Å². The van der Waals surface area contributed by atoms with Crippen LogP contribution in [-0.2, 0) is 9.59 Å². The van der Waals surface area contributed by atoms with Crippen LogP contribution in [0.2, 0.25) is 0 Å². The molecule has 0 saturated heterocycles. The van der Waals surface area contributed by atoms with Crippen LogP contribution in [0.15, 0.2) is 42.5 Å². The van der Waals surface area contributed by atoms with Crippen molar-refractivity contribution in [1.82, 2.24) is 5.32 Å². The molecule has 2 amide bonds. The number of benzene rings is 2. The molecule has 0 aliphatic rings. The number of amides is 2. The fourth-order valence-electron chi connectivity index (χ4n) is 1.99. The van der Waals surface area contributed by atoms with Crippen LogP contribution in [0.4, 0.5) is 5.69 Å². The molecule has 0 atom stereocenters. The quantitative estimate of drug-likeness (QED) is 0.800. The maximum absolute atomic E-state index is 11.9. The lowest BCUT2D eigenvalue weighted by Crippen LogP contribution is -2.38. The van der Waals surface area contributed by atoms with Crippen LogP contribution in [0.1, 0.15) is 20.3 Å². The highest BCUT2D eigenvalue weighted by molar-refractivity contribution is 9.10. The molecule has 5 heteroatoms. The molecule has 0 radical (unpaired) electrons. The molecule has 0 aromatic heterocycles. The summed E-state index contributed by atoms with van der Waals surface area (Å²) in [6, 6.07) is 13.8. The molecule has 4 nitrogen and oxygen atoms in total. The highest BCUT2D eigenvalue weighted by Gasteiger charge is 2.22. The Kier molecular flexibility index (Phi) is 5.19. The lowest BCUT2D eigenvalue weighted by atomic mass is 10.1. The first-order chi connectivity index (χ1) is 10.4. The number of carbonyl (C=O) groups excluding carboxylic acids is 2. The van der Waals surface area contributed by atoms with E-state index in [1.54, 1.807) is 13.8 Å². The molecular weight excluding hydrogens is 344 g/mol. The summed E-state index contributed by atoms with van der Waals surface area (Å²) in [6.45, 7) is 3.84. The van der Waals surface area contributed by atoms with E-state index in [2.05, 4.69) is 26.6 Å². The van der Waals surface area contributed by atoms with Crippen LogP contribution in [0.5, 0.6) is 0 Å². The number of hydrogen-bond donors (Lipinski definition) is 2. The van der Waals surface area contributed by atoms with Crippen molar-refractivity contribution in [1.29, 1.82) is 0 Å². The van der Waals surface area contributed by atoms with E-state index in [9.17, 15) is 9.59 Å². The number of carbonyl (C=O) groups is 2. The third-order valence-corrected chi connectivity index (χ3v) is 3.57. The molecule has 2 N–H and O–H groups in total. The fourth-order valence-corrected chi connectivity index (χ4v) is 2.13. The first-order valence-corrected chi connectivity index (χ1v) is 7.91. The van der Waals surface area contributed by atoms with E-state index < -0.39 is 4.32 Å². The van der Waals surface area contributed by atoms with Gasteiger partial charge in [0.25, 0.3) is 0 Å². The summed E-state index contributed by atoms with van der Waals surface area (Å²) in [7, 11) is 0. The molecule has 0 aliphatic heterocycles. The minimum absolute atomic E-state index is 0.122. The van der Waals surface area contributed by atoms with E-state index in [0.29, 0.717) is 6.54 Å². The summed E-state index contributed by atoms with van der Waals surface area (Å²) in [6.07, 6.45) is 0.238. The van der Waals surface area contributed by atoms with Crippen molar-refractivity contribution in [2.75, 3.05) is 11.9 Å². The van der Waals surface area contributed by atoms with Gasteiger partial charge >= 0.3 is 0 Å². The largest absolute Gasteiger partial charge is 0.354 e. The number of halogens is 1. The van der Waals surface area contributed by atoms with Gasteiger partial charge in [0.1, 0.15) is 0 Å². The van der Waals surface area contributed by atoms with Crippen LogP contribution < -0.4 is 10.6 Å². The Morgan fingerprint density at radius 2 is 1.77 bits per heavy atom. The first kappa shape index (κ1) is 16.5. The van der Waals surface area contributed by atoms with Crippen LogP contribution in [0.25, 0.3) is 10.8 Å². The predicted octanol–water partition coefficient (Wildman–Crippen LogP) is 3.46. The summed E-state index contributed by atoms with van der Waals surface area (Å²) in [4.78, 5) is 23.6. The van der Waals surface area contributed by atoms with Crippen LogP contribution in [0, 0.1) is 0 Å². The molecule has 0 heterocycles. The number of nitrogens with one attached hydrogen (secondary N) is 2. The standard InChI is InChI=1S/C17H19BrN2O2/c1-17(2,18)16(22)19-10-9-15(21)20-14-8-7-12-5-3-4-6-13(12)11-14/h3-8,11H,9-10H2,1-2H3,(H,19,22)(H,20,21). The van der Waals surface area contributed by atoms with Crippen LogP contribution >= 0.6 is 15.9 Å². The fraction of sp³-hybridized carbons (Fsp3) is 0.294. The van der Waals surface area contributed by atoms with Gasteiger partial charge in [0.05, 0.1) is 4.32 Å². The van der Waals surface area contributed by atoms with Gasteiger partial charge in [-0.3, -0.25) is 9.59 Å². The minimum Gasteiger partial charge on any atom is -0.354 e. The zero-order valence-corrected chi connectivity index (χ0v) is 14.2. The van der Waals surface area contributed by atoms with Gasteiger partial charge in [0, 0.05) is 18.7 Å². The second-order valence-electron chi connectivity index (χ2n) is 5.59. The van der Waals surface area contributed by atoms with Gasteiger partial charge in [-0.05, 0) is 36.8 Å². The Morgan fingerprint density at radius 3 is 2.45 bits per heavy atom. The Morgan fingerprint density at radius 1 is 1.09 bits per heavy atom. The molecule has 0 spiro atoms. The zero-order chi connectivity index (χ0) is 16.2. The molecule has 0 saturated carbocycles. The van der Waals surface area contributed by atoms with Crippen molar-refractivity contribution >= 4 is 44.2 Å². The molecule has 0 fully saturated rings. The van der Waals surface area contributed by atoms with Gasteiger partial charge in [0.2, 0.25) is 11.8 Å². The Labute approximate surface area is 138 Å². The number of anilines is 1. The van der Waals surface area contributed by atoms with Gasteiger partial charge in [-0.15, -0.1) is 0 Å². The molecular formula is C17H19BrN2O2. The normalized spacial score (nSPS) is 11.2. The average Bonchev–Trinajstić information content (AvgIpc) is 2.46. The van der Waals surface area contributed by atoms with Crippen molar-refractivity contribution in [2.45, 2.75) is 24.6 Å². The molecule has 0 unspecified atom stereocenters. The lowest BCUT2D eigenvalue weighted by molar-refractivity contribution is -0.122. The van der Waals surface area contributed by atoms with E-state index in [-0.39, 0.29) is 18.2 Å². The van der Waals surface area contributed by atoms with Crippen molar-refractivity contribution in [3.63, 3.8) is 0 Å². The van der Waals surface area contributed by atoms with Crippen molar-refractivity contribution in [3.05, 3.63) is 42.5 Å². The number of hydrogen-bond acceptors (Lipinski definition) is 2. The number of rotatable bonds is 5. The van der Waals surface area contributed by atoms with E-state index in [4.69, 9.17) is 0 Å². The highest BCUT2D eigenvalue weighted by Crippen LogP contribution is 2.19. The monoisotopic (exact) mass is 362 g/mol. The maximum atomic E-state index is 11.9. The number of fused-ring (bicyclic) bond motifs is 1. The van der Waals surface area contributed by atoms with Crippen molar-refractivity contribution in [2.24, 2.45) is 0 Å². The van der Waals surface area contributed by atoms with Gasteiger partial charge in [-0.25, -0.2) is 0 Å². The summed E-state index contributed by atoms with van der Waals surface area (Å²) >= 11 is 3.28. The summed E-state index contributed by atoms with van der Waals surface area (Å²) in [5, 5.41) is 7.78. The molecule has 2 aromatic rings. The third kappa shape index (κ3) is 4.56. The smallest absolute Gasteiger partial charge is 0.236 e. The van der Waals surface area contributed by atoms with Crippen LogP contribution in [-0.4, -0.2) is 22.7 Å². The second kappa shape index (κ2) is 6.92.